The molecule has 2 N–H and O–H groups in total. The number of rotatable bonds is 6. The number of phenols is 2. The number of aliphatic imine (C=N–C) groups is 2. The fourth-order valence-electron chi connectivity index (χ4n) is 4.15. The van der Waals surface area contributed by atoms with Crippen molar-refractivity contribution in [3.63, 3.8) is 0 Å². The second-order valence-electron chi connectivity index (χ2n) is 8.20. The number of hydrogen-bond acceptors (Lipinski definition) is 4. The van der Waals surface area contributed by atoms with E-state index in [1.807, 2.05) is 78.9 Å². The maximum Gasteiger partial charge on any atom is 0.124 e. The molecule has 0 atom stereocenters. The van der Waals surface area contributed by atoms with E-state index < -0.39 is 0 Å². The molecule has 5 aromatic carbocycles. The molecule has 0 bridgehead atoms. The quantitative estimate of drug-likeness (QED) is 0.288. The van der Waals surface area contributed by atoms with Gasteiger partial charge in [-0.1, -0.05) is 84.9 Å². The molecule has 0 heterocycles. The number of phenolic OH excluding ortho intramolecular Hbond substituents is 2. The molecule has 0 fully saturated rings. The number of fused-ring (bicyclic) bond motifs is 2. The van der Waals surface area contributed by atoms with Gasteiger partial charge in [-0.05, 0) is 44.8 Å². The third-order valence-corrected chi connectivity index (χ3v) is 5.88. The van der Waals surface area contributed by atoms with Crippen LogP contribution in [0.1, 0.15) is 22.3 Å². The standard InChI is InChI=1S/C30H24N2O2/c33-29-14-12-23-8-1-3-10-25(23)27(29)19-31-17-21-6-5-7-22(16-21)18-32-20-28-26-11-4-2-9-24(26)13-15-30(28)34/h1-16,19-20,33-34H,17-18H2. The van der Waals surface area contributed by atoms with Crippen LogP contribution in [0.5, 0.6) is 11.5 Å². The molecule has 166 valence electrons. The summed E-state index contributed by atoms with van der Waals surface area (Å²) in [6.45, 7) is 1.01. The van der Waals surface area contributed by atoms with Crippen LogP contribution in [0.3, 0.4) is 0 Å². The molecule has 0 unspecified atom stereocenters. The molecular formula is C30H24N2O2. The van der Waals surface area contributed by atoms with Crippen molar-refractivity contribution in [2.24, 2.45) is 9.98 Å². The molecule has 5 rings (SSSR count). The Balaban J connectivity index is 1.31. The highest BCUT2D eigenvalue weighted by Crippen LogP contribution is 2.26. The van der Waals surface area contributed by atoms with Crippen molar-refractivity contribution in [2.45, 2.75) is 13.1 Å². The zero-order chi connectivity index (χ0) is 23.3. The van der Waals surface area contributed by atoms with Gasteiger partial charge in [0.25, 0.3) is 0 Å². The predicted octanol–water partition coefficient (Wildman–Crippen LogP) is 6.64. The maximum absolute atomic E-state index is 10.3. The third kappa shape index (κ3) is 4.52. The topological polar surface area (TPSA) is 65.2 Å². The first-order chi connectivity index (χ1) is 16.7. The molecule has 4 nitrogen and oxygen atoms in total. The number of benzene rings is 5. The number of aromatic hydroxyl groups is 2. The van der Waals surface area contributed by atoms with Crippen LogP contribution >= 0.6 is 0 Å². The van der Waals surface area contributed by atoms with Crippen molar-refractivity contribution in [2.75, 3.05) is 0 Å². The fraction of sp³-hybridized carbons (Fsp3) is 0.0667. The van der Waals surface area contributed by atoms with Gasteiger partial charge in [-0.25, -0.2) is 0 Å². The summed E-state index contributed by atoms with van der Waals surface area (Å²) in [6.07, 6.45) is 3.48. The second-order valence-corrected chi connectivity index (χ2v) is 8.20. The van der Waals surface area contributed by atoms with E-state index in [4.69, 9.17) is 0 Å². The van der Waals surface area contributed by atoms with Gasteiger partial charge in [-0.3, -0.25) is 9.98 Å². The van der Waals surface area contributed by atoms with Crippen molar-refractivity contribution in [3.8, 4) is 11.5 Å². The Hall–Kier alpha value is -4.44. The summed E-state index contributed by atoms with van der Waals surface area (Å²) < 4.78 is 0. The first-order valence-electron chi connectivity index (χ1n) is 11.2. The lowest BCUT2D eigenvalue weighted by atomic mass is 10.0. The summed E-state index contributed by atoms with van der Waals surface area (Å²) in [5.74, 6) is 0.449. The van der Waals surface area contributed by atoms with E-state index in [9.17, 15) is 10.2 Å². The lowest BCUT2D eigenvalue weighted by Gasteiger charge is -2.06. The van der Waals surface area contributed by atoms with Gasteiger partial charge in [0, 0.05) is 23.6 Å². The Morgan fingerprint density at radius 1 is 0.529 bits per heavy atom. The summed E-state index contributed by atoms with van der Waals surface area (Å²) in [5, 5.41) is 24.7. The lowest BCUT2D eigenvalue weighted by Crippen LogP contribution is -1.91. The molecule has 0 spiro atoms. The first kappa shape index (κ1) is 21.4. The highest BCUT2D eigenvalue weighted by molar-refractivity contribution is 6.03. The summed E-state index contributed by atoms with van der Waals surface area (Å²) >= 11 is 0. The predicted molar refractivity (Wildman–Crippen MR) is 140 cm³/mol. The molecule has 0 aliphatic rings. The highest BCUT2D eigenvalue weighted by Gasteiger charge is 2.05. The molecule has 0 aliphatic carbocycles. The summed E-state index contributed by atoms with van der Waals surface area (Å²) in [7, 11) is 0. The van der Waals surface area contributed by atoms with E-state index in [-0.39, 0.29) is 11.5 Å². The van der Waals surface area contributed by atoms with E-state index >= 15 is 0 Å². The van der Waals surface area contributed by atoms with Gasteiger partial charge in [0.05, 0.1) is 13.1 Å². The Morgan fingerprint density at radius 3 is 1.50 bits per heavy atom. The van der Waals surface area contributed by atoms with Crippen LogP contribution in [0.25, 0.3) is 21.5 Å². The largest absolute Gasteiger partial charge is 0.507 e. The number of hydrogen-bond donors (Lipinski definition) is 2. The van der Waals surface area contributed by atoms with E-state index in [1.54, 1.807) is 24.6 Å². The Bertz CT molecular complexity index is 1420. The molecule has 0 aliphatic heterocycles. The second kappa shape index (κ2) is 9.59. The molecule has 0 amide bonds. The number of nitrogens with zero attached hydrogens (tertiary/aromatic N) is 2. The minimum atomic E-state index is 0.224. The zero-order valence-electron chi connectivity index (χ0n) is 18.6. The van der Waals surface area contributed by atoms with Gasteiger partial charge < -0.3 is 10.2 Å². The molecule has 0 saturated carbocycles. The van der Waals surface area contributed by atoms with Gasteiger partial charge in [-0.15, -0.1) is 0 Å². The van der Waals surface area contributed by atoms with Gasteiger partial charge in [0.15, 0.2) is 0 Å². The van der Waals surface area contributed by atoms with E-state index in [0.29, 0.717) is 13.1 Å². The first-order valence-corrected chi connectivity index (χ1v) is 11.2. The van der Waals surface area contributed by atoms with Crippen molar-refractivity contribution >= 4 is 34.0 Å². The van der Waals surface area contributed by atoms with E-state index in [2.05, 4.69) is 16.1 Å². The minimum Gasteiger partial charge on any atom is -0.507 e. The van der Waals surface area contributed by atoms with Crippen molar-refractivity contribution in [3.05, 3.63) is 119 Å². The molecule has 34 heavy (non-hydrogen) atoms. The zero-order valence-corrected chi connectivity index (χ0v) is 18.6. The van der Waals surface area contributed by atoms with Crippen LogP contribution < -0.4 is 0 Å². The van der Waals surface area contributed by atoms with Gasteiger partial charge in [-0.2, -0.15) is 0 Å². The van der Waals surface area contributed by atoms with Crippen molar-refractivity contribution < 1.29 is 10.2 Å². The minimum absolute atomic E-state index is 0.224. The Kier molecular flexibility index (Phi) is 6.04. The summed E-state index contributed by atoms with van der Waals surface area (Å²) in [4.78, 5) is 9.16. The molecule has 5 aromatic rings. The van der Waals surface area contributed by atoms with Crippen LogP contribution in [-0.2, 0) is 13.1 Å². The highest BCUT2D eigenvalue weighted by atomic mass is 16.3. The average Bonchev–Trinajstić information content (AvgIpc) is 2.87. The van der Waals surface area contributed by atoms with Gasteiger partial charge >= 0.3 is 0 Å². The van der Waals surface area contributed by atoms with Crippen LogP contribution in [0.4, 0.5) is 0 Å². The van der Waals surface area contributed by atoms with Crippen LogP contribution in [0, 0.1) is 0 Å². The summed E-state index contributed by atoms with van der Waals surface area (Å²) in [5.41, 5.74) is 3.59. The van der Waals surface area contributed by atoms with E-state index in [1.165, 1.54) is 0 Å². The molecule has 0 aromatic heterocycles. The van der Waals surface area contributed by atoms with Gasteiger partial charge in [0.1, 0.15) is 11.5 Å². The van der Waals surface area contributed by atoms with Crippen LogP contribution in [-0.4, -0.2) is 22.6 Å². The molecule has 0 saturated heterocycles. The van der Waals surface area contributed by atoms with Crippen LogP contribution in [0.2, 0.25) is 0 Å². The van der Waals surface area contributed by atoms with E-state index in [0.717, 1.165) is 43.8 Å². The average molecular weight is 445 g/mol. The summed E-state index contributed by atoms with van der Waals surface area (Å²) in [6, 6.07) is 31.3. The Morgan fingerprint density at radius 2 is 1.00 bits per heavy atom. The third-order valence-electron chi connectivity index (χ3n) is 5.88. The monoisotopic (exact) mass is 444 g/mol. The SMILES string of the molecule is Oc1ccc2ccccc2c1C=NCc1cccc(CN=Cc2c(O)ccc3ccccc23)c1. The van der Waals surface area contributed by atoms with Crippen molar-refractivity contribution in [1.29, 1.82) is 0 Å². The normalized spacial score (nSPS) is 11.8. The van der Waals surface area contributed by atoms with Gasteiger partial charge in [0.2, 0.25) is 0 Å². The Labute approximate surface area is 198 Å². The molecule has 4 heteroatoms. The van der Waals surface area contributed by atoms with Crippen molar-refractivity contribution in [1.82, 2.24) is 0 Å². The maximum atomic E-state index is 10.3. The molecular weight excluding hydrogens is 420 g/mol. The fourth-order valence-corrected chi connectivity index (χ4v) is 4.15. The smallest absolute Gasteiger partial charge is 0.124 e. The van der Waals surface area contributed by atoms with Crippen LogP contribution in [0.15, 0.2) is 107 Å². The molecule has 0 radical (unpaired) electrons. The lowest BCUT2D eigenvalue weighted by molar-refractivity contribution is 0.475.